The van der Waals surface area contributed by atoms with Crippen LogP contribution in [0.1, 0.15) is 146 Å². The van der Waals surface area contributed by atoms with Gasteiger partial charge >= 0.3 is 13.1 Å². The first-order chi connectivity index (χ1) is 41.7. The fourth-order valence-corrected chi connectivity index (χ4v) is 11.9. The highest BCUT2D eigenvalue weighted by Gasteiger charge is 2.57. The van der Waals surface area contributed by atoms with Gasteiger partial charge in [0.2, 0.25) is 11.8 Å². The molecular weight excluding hydrogens is 1140 g/mol. The number of quaternary nitrogens is 3. The summed E-state index contributed by atoms with van der Waals surface area (Å²) in [6.45, 7) is 4.14. The van der Waals surface area contributed by atoms with Crippen molar-refractivity contribution in [1.29, 1.82) is 0 Å². The number of ketones is 1. The minimum atomic E-state index is -4.33. The maximum Gasteiger partial charge on any atom is 0.732 e. The molecule has 5 unspecified atom stereocenters. The van der Waals surface area contributed by atoms with Crippen LogP contribution in [-0.2, 0) is 46.4 Å². The molecular formula is C64H97BF2N9O12+3. The average molecular weight is 1230 g/mol. The lowest BCUT2D eigenvalue weighted by molar-refractivity contribution is -0.878. The minimum absolute atomic E-state index is 0.0510. The van der Waals surface area contributed by atoms with Crippen molar-refractivity contribution in [2.75, 3.05) is 95.8 Å². The number of halogens is 2. The number of aryl methyl sites for hydroxylation is 1. The molecule has 1 saturated heterocycles. The number of aromatic nitrogens is 1. The number of hydrogen-bond donors (Lipinski definition) is 3. The predicted molar refractivity (Wildman–Crippen MR) is 332 cm³/mol. The molecule has 1 fully saturated rings. The molecule has 88 heavy (non-hydrogen) atoms. The number of rotatable bonds is 37. The van der Waals surface area contributed by atoms with Crippen LogP contribution in [0.5, 0.6) is 11.5 Å². The van der Waals surface area contributed by atoms with Crippen molar-refractivity contribution in [2.45, 2.75) is 155 Å². The largest absolute Gasteiger partial charge is 0.732 e. The lowest BCUT2D eigenvalue weighted by Crippen LogP contribution is -3.10. The van der Waals surface area contributed by atoms with Gasteiger partial charge in [-0.1, -0.05) is 62.1 Å². The number of benzene rings is 2. The summed E-state index contributed by atoms with van der Waals surface area (Å²) >= 11 is 0. The Morgan fingerprint density at radius 2 is 1.51 bits per heavy atom. The number of carbonyl (C=O) groups excluding carboxylic acids is 6. The normalized spacial score (nSPS) is 16.9. The van der Waals surface area contributed by atoms with Crippen LogP contribution in [0.3, 0.4) is 0 Å². The van der Waals surface area contributed by atoms with E-state index < -0.39 is 65.6 Å². The van der Waals surface area contributed by atoms with Gasteiger partial charge in [0.25, 0.3) is 17.5 Å². The predicted octanol–water partition coefficient (Wildman–Crippen LogP) is 7.73. The van der Waals surface area contributed by atoms with Crippen LogP contribution in [-0.4, -0.2) is 184 Å². The van der Waals surface area contributed by atoms with Crippen molar-refractivity contribution in [2.24, 2.45) is 5.92 Å². The van der Waals surface area contributed by atoms with Gasteiger partial charge in [-0.3, -0.25) is 38.9 Å². The first kappa shape index (κ1) is 70.0. The fourth-order valence-electron chi connectivity index (χ4n) is 11.9. The third-order valence-corrected chi connectivity index (χ3v) is 16.8. The van der Waals surface area contributed by atoms with Crippen LogP contribution >= 0.6 is 0 Å². The number of likely N-dealkylation sites (N-methyl/N-ethyl adjacent to an activating group) is 1. The summed E-state index contributed by atoms with van der Waals surface area (Å²) in [7, 11) is 15.8. The van der Waals surface area contributed by atoms with Crippen LogP contribution in [0.4, 0.5) is 19.1 Å². The SMILES string of the molecule is CCCCC1=CC(CCC(=O)NC(CCCC[N+](C)(C)C)C(=O)CC(CCCC[N+](C)(C)C)C(=O)NCC[NH+](C)CCOc2cc([N+](=O)[O-])c(C(C)OC(=O)ON3C(=O)CCC3=O)cc2OC)=[N+]2C1Cc1c(CCCC)cc(-c3ccccc3)n1[B-]2(F)F. The van der Waals surface area contributed by atoms with Crippen molar-refractivity contribution in [3.05, 3.63) is 87.1 Å². The first-order valence-electron chi connectivity index (χ1n) is 31.6. The summed E-state index contributed by atoms with van der Waals surface area (Å²) in [5.41, 5.74) is 3.76. The highest BCUT2D eigenvalue weighted by atomic mass is 19.2. The maximum absolute atomic E-state index is 17.7. The number of hydrogen-bond acceptors (Lipinski definition) is 12. The molecule has 4 amide bonds. The van der Waals surface area contributed by atoms with E-state index in [0.717, 1.165) is 88.2 Å². The van der Waals surface area contributed by atoms with Crippen LogP contribution in [0.2, 0.25) is 0 Å². The second-order valence-corrected chi connectivity index (χ2v) is 26.0. The van der Waals surface area contributed by atoms with E-state index in [2.05, 4.69) is 66.8 Å². The second-order valence-electron chi connectivity index (χ2n) is 26.0. The molecule has 484 valence electrons. The summed E-state index contributed by atoms with van der Waals surface area (Å²) in [6.07, 6.45) is 8.09. The van der Waals surface area contributed by atoms with Gasteiger partial charge in [0, 0.05) is 56.2 Å². The van der Waals surface area contributed by atoms with Crippen molar-refractivity contribution in [1.82, 2.24) is 20.2 Å². The Bertz CT molecular complexity index is 3000. The zero-order valence-electron chi connectivity index (χ0n) is 53.9. The third kappa shape index (κ3) is 19.5. The second kappa shape index (κ2) is 31.9. The average Bonchev–Trinajstić information content (AvgIpc) is 1.93. The molecule has 0 bridgehead atoms. The van der Waals surface area contributed by atoms with E-state index in [1.807, 2.05) is 49.5 Å². The van der Waals surface area contributed by atoms with Crippen molar-refractivity contribution < 1.29 is 79.7 Å². The first-order valence-corrected chi connectivity index (χ1v) is 31.6. The Balaban J connectivity index is 1.12. The molecule has 0 aliphatic carbocycles. The van der Waals surface area contributed by atoms with Gasteiger partial charge in [-0.2, -0.15) is 0 Å². The van der Waals surface area contributed by atoms with E-state index in [1.165, 1.54) is 29.1 Å². The number of nitro groups is 1. The maximum atomic E-state index is 17.7. The molecule has 3 aliphatic rings. The number of carbonyl (C=O) groups is 6. The number of allylic oxidation sites excluding steroid dienone is 1. The molecule has 24 heteroatoms. The number of ether oxygens (including phenoxy) is 3. The summed E-state index contributed by atoms with van der Waals surface area (Å²) in [5.74, 6) is -2.89. The molecule has 0 radical (unpaired) electrons. The molecule has 1 aromatic heterocycles. The topological polar surface area (TPSA) is 222 Å². The Kier molecular flexibility index (Phi) is 25.4. The quantitative estimate of drug-likeness (QED) is 0.00960. The van der Waals surface area contributed by atoms with Crippen LogP contribution in [0.25, 0.3) is 11.3 Å². The van der Waals surface area contributed by atoms with Crippen molar-refractivity contribution in [3.8, 4) is 22.8 Å². The number of nitrogens with zero attached hydrogens (tertiary/aromatic N) is 6. The highest BCUT2D eigenvalue weighted by Crippen LogP contribution is 2.42. The number of hydroxylamine groups is 2. The van der Waals surface area contributed by atoms with Gasteiger partial charge in [-0.05, 0) is 106 Å². The number of Topliss-reactive ketones (excluding diaryl/α,β-unsaturated/α-hetero) is 1. The van der Waals surface area contributed by atoms with E-state index in [4.69, 9.17) is 19.0 Å². The van der Waals surface area contributed by atoms with Gasteiger partial charge in [0.05, 0.1) is 105 Å². The third-order valence-electron chi connectivity index (χ3n) is 16.8. The summed E-state index contributed by atoms with van der Waals surface area (Å²) in [4.78, 5) is 96.7. The molecule has 0 spiro atoms. The molecule has 6 rings (SSSR count). The monoisotopic (exact) mass is 1230 g/mol. The molecule has 3 aromatic rings. The molecule has 21 nitrogen and oxygen atoms in total. The number of amides is 4. The minimum Gasteiger partial charge on any atom is -0.493 e. The van der Waals surface area contributed by atoms with Crippen LogP contribution in [0.15, 0.2) is 60.2 Å². The molecule has 0 saturated carbocycles. The number of fused-ring (bicyclic) bond motifs is 2. The standard InChI is InChI=1S/C64H94BF2N9O12/c1-12-14-23-47-39-50(71-54(47)43-55-48(24-15-13-2)40-53(72(55)65(71,66)67)46-25-17-16-18-26-46)29-30-60(78)69-52(28-20-22-37-76(8,9)10)57(77)41-49(27-19-21-36-75(5,6)7)63(81)68-33-34-70(4)35-38-86-59-44-56(74(83)84)51(42-58(59)85-11)45(3)87-64(82)88-73-61(79)31-32-62(73)80/h16-18,25-26,39-40,42,44-45,49,52,54H,12-15,19-24,27-38,41,43H2,1-11H3/p+3. The number of imide groups is 1. The Labute approximate surface area is 518 Å². The zero-order valence-corrected chi connectivity index (χ0v) is 53.9. The summed E-state index contributed by atoms with van der Waals surface area (Å²) < 4.78 is 56.1. The summed E-state index contributed by atoms with van der Waals surface area (Å²) in [5, 5.41) is 18.6. The highest BCUT2D eigenvalue weighted by molar-refractivity contribution is 6.58. The smallest absolute Gasteiger partial charge is 0.493 e. The Morgan fingerprint density at radius 1 is 0.864 bits per heavy atom. The number of nitro benzene ring substituents is 1. The lowest BCUT2D eigenvalue weighted by atomic mass is 9.83. The molecule has 5 atom stereocenters. The van der Waals surface area contributed by atoms with Crippen molar-refractivity contribution in [3.63, 3.8) is 0 Å². The fraction of sp³-hybridized carbons (Fsp3) is 0.609. The van der Waals surface area contributed by atoms with Gasteiger partial charge in [0.1, 0.15) is 31.0 Å². The van der Waals surface area contributed by atoms with Gasteiger partial charge in [-0.25, -0.2) is 4.79 Å². The van der Waals surface area contributed by atoms with Crippen LogP contribution in [0, 0.1) is 16.0 Å². The van der Waals surface area contributed by atoms with Gasteiger partial charge in [-0.15, -0.1) is 0 Å². The van der Waals surface area contributed by atoms with E-state index >= 15 is 8.63 Å². The zero-order chi connectivity index (χ0) is 64.5. The van der Waals surface area contributed by atoms with Crippen LogP contribution < -0.4 is 25.0 Å². The number of methoxy groups -OCH3 is 1. The van der Waals surface area contributed by atoms with E-state index in [9.17, 15) is 38.9 Å². The molecule has 3 aliphatic heterocycles. The summed E-state index contributed by atoms with van der Waals surface area (Å²) in [6, 6.07) is 12.4. The van der Waals surface area contributed by atoms with E-state index in [0.29, 0.717) is 80.2 Å². The molecule has 3 N–H and O–H groups in total. The van der Waals surface area contributed by atoms with E-state index in [1.54, 1.807) is 0 Å². The lowest BCUT2D eigenvalue weighted by Gasteiger charge is -2.37. The van der Waals surface area contributed by atoms with Crippen molar-refractivity contribution >= 4 is 53.9 Å². The molecule has 2 aromatic carbocycles. The van der Waals surface area contributed by atoms with E-state index in [-0.39, 0.29) is 74.0 Å². The number of nitrogens with one attached hydrogen (secondary N) is 3. The van der Waals surface area contributed by atoms with Gasteiger partial charge < -0.3 is 56.3 Å². The Hall–Kier alpha value is -7.05. The number of unbranched alkanes of at least 4 members (excludes halogenated alkanes) is 4. The Morgan fingerprint density at radius 3 is 2.14 bits per heavy atom. The molecule has 4 heterocycles. The van der Waals surface area contributed by atoms with Gasteiger partial charge in [0.15, 0.2) is 17.3 Å².